The third-order valence-electron chi connectivity index (χ3n) is 2.42. The van der Waals surface area contributed by atoms with E-state index in [4.69, 9.17) is 0 Å². The number of benzene rings is 1. The fraction of sp³-hybridized carbons (Fsp3) is 0.267. The van der Waals surface area contributed by atoms with E-state index in [1.165, 1.54) is 18.2 Å². The number of rotatable bonds is 5. The molecule has 96 valence electrons. The van der Waals surface area contributed by atoms with E-state index in [0.717, 1.165) is 5.57 Å². The fourth-order valence-corrected chi connectivity index (χ4v) is 1.55. The summed E-state index contributed by atoms with van der Waals surface area (Å²) in [5, 5.41) is 0. The number of hydrogen-bond donors (Lipinski definition) is 0. The van der Waals surface area contributed by atoms with E-state index < -0.39 is 0 Å². The van der Waals surface area contributed by atoms with Crippen LogP contribution in [0.3, 0.4) is 0 Å². The van der Waals surface area contributed by atoms with Gasteiger partial charge in [0.15, 0.2) is 0 Å². The molecule has 1 aromatic rings. The maximum Gasteiger partial charge on any atom is 0.246 e. The van der Waals surface area contributed by atoms with Gasteiger partial charge >= 0.3 is 0 Å². The van der Waals surface area contributed by atoms with Crippen LogP contribution in [0.15, 0.2) is 42.5 Å². The molecule has 0 aromatic heterocycles. The summed E-state index contributed by atoms with van der Waals surface area (Å²) in [6.45, 7) is 8.75. The van der Waals surface area contributed by atoms with E-state index in [2.05, 4.69) is 6.58 Å². The molecule has 0 heterocycles. The Balaban J connectivity index is 2.71. The van der Waals surface area contributed by atoms with Gasteiger partial charge in [-0.15, -0.1) is 0 Å². The third-order valence-corrected chi connectivity index (χ3v) is 2.42. The molecular weight excluding hydrogens is 229 g/mol. The van der Waals surface area contributed by atoms with Gasteiger partial charge in [-0.1, -0.05) is 24.3 Å². The smallest absolute Gasteiger partial charge is 0.246 e. The number of carbonyl (C=O) groups excluding carboxylic acids is 1. The molecule has 18 heavy (non-hydrogen) atoms. The lowest BCUT2D eigenvalue weighted by Crippen LogP contribution is -2.30. The molecule has 0 aliphatic heterocycles. The second-order valence-electron chi connectivity index (χ2n) is 4.20. The molecule has 1 amide bonds. The molecule has 0 aliphatic carbocycles. The van der Waals surface area contributed by atoms with E-state index in [9.17, 15) is 9.18 Å². The highest BCUT2D eigenvalue weighted by atomic mass is 19.1. The molecule has 3 heteroatoms. The molecule has 0 aliphatic rings. The van der Waals surface area contributed by atoms with Crippen LogP contribution in [0, 0.1) is 5.82 Å². The monoisotopic (exact) mass is 247 g/mol. The van der Waals surface area contributed by atoms with Gasteiger partial charge < -0.3 is 4.90 Å². The average molecular weight is 247 g/mol. The van der Waals surface area contributed by atoms with Crippen LogP contribution in [-0.2, 0) is 4.79 Å². The van der Waals surface area contributed by atoms with Crippen LogP contribution < -0.4 is 0 Å². The van der Waals surface area contributed by atoms with Crippen molar-refractivity contribution >= 4 is 12.0 Å². The van der Waals surface area contributed by atoms with Gasteiger partial charge in [0.25, 0.3) is 0 Å². The first-order valence-corrected chi connectivity index (χ1v) is 5.90. The minimum absolute atomic E-state index is 0.0928. The fourth-order valence-electron chi connectivity index (χ4n) is 1.55. The Labute approximate surface area is 107 Å². The zero-order valence-corrected chi connectivity index (χ0v) is 10.8. The van der Waals surface area contributed by atoms with Gasteiger partial charge in [0, 0.05) is 19.2 Å². The standard InChI is InChI=1S/C15H18FNO/c1-4-17(11-12(2)3)15(18)9-8-13-6-5-7-14(16)10-13/h5-10H,2,4,11H2,1,3H3. The molecule has 0 fully saturated rings. The summed E-state index contributed by atoms with van der Waals surface area (Å²) >= 11 is 0. The maximum absolute atomic E-state index is 12.9. The van der Waals surface area contributed by atoms with Crippen LogP contribution in [-0.4, -0.2) is 23.9 Å². The summed E-state index contributed by atoms with van der Waals surface area (Å²) < 4.78 is 12.9. The van der Waals surface area contributed by atoms with Crippen LogP contribution in [0.1, 0.15) is 19.4 Å². The molecule has 0 atom stereocenters. The quantitative estimate of drug-likeness (QED) is 0.577. The maximum atomic E-state index is 12.9. The Bertz CT molecular complexity index is 465. The lowest BCUT2D eigenvalue weighted by Gasteiger charge is -2.18. The normalized spacial score (nSPS) is 10.6. The minimum Gasteiger partial charge on any atom is -0.335 e. The molecule has 2 nitrogen and oxygen atoms in total. The first-order valence-electron chi connectivity index (χ1n) is 5.90. The van der Waals surface area contributed by atoms with Crippen LogP contribution in [0.2, 0.25) is 0 Å². The van der Waals surface area contributed by atoms with Crippen molar-refractivity contribution < 1.29 is 9.18 Å². The van der Waals surface area contributed by atoms with Crippen LogP contribution in [0.4, 0.5) is 4.39 Å². The SMILES string of the molecule is C=C(C)CN(CC)C(=O)C=Cc1cccc(F)c1. The third kappa shape index (κ3) is 4.53. The first-order chi connectivity index (χ1) is 8.52. The molecule has 0 spiro atoms. The highest BCUT2D eigenvalue weighted by molar-refractivity contribution is 5.91. The van der Waals surface area contributed by atoms with Crippen molar-refractivity contribution in [1.82, 2.24) is 4.90 Å². The van der Waals surface area contributed by atoms with Crippen molar-refractivity contribution in [3.05, 3.63) is 53.9 Å². The molecule has 0 radical (unpaired) electrons. The van der Waals surface area contributed by atoms with Crippen molar-refractivity contribution in [3.63, 3.8) is 0 Å². The highest BCUT2D eigenvalue weighted by Gasteiger charge is 2.07. The molecule has 0 N–H and O–H groups in total. The number of amides is 1. The average Bonchev–Trinajstić information content (AvgIpc) is 2.33. The van der Waals surface area contributed by atoms with Crippen molar-refractivity contribution in [3.8, 4) is 0 Å². The topological polar surface area (TPSA) is 20.3 Å². The van der Waals surface area contributed by atoms with Gasteiger partial charge in [-0.25, -0.2) is 4.39 Å². The van der Waals surface area contributed by atoms with Crippen molar-refractivity contribution in [1.29, 1.82) is 0 Å². The van der Waals surface area contributed by atoms with E-state index in [1.54, 1.807) is 23.1 Å². The number of hydrogen-bond acceptors (Lipinski definition) is 1. The predicted octanol–water partition coefficient (Wildman–Crippen LogP) is 3.26. The Morgan fingerprint density at radius 3 is 2.78 bits per heavy atom. The summed E-state index contributed by atoms with van der Waals surface area (Å²) in [6.07, 6.45) is 3.08. The van der Waals surface area contributed by atoms with E-state index in [1.807, 2.05) is 13.8 Å². The Morgan fingerprint density at radius 1 is 1.50 bits per heavy atom. The Morgan fingerprint density at radius 2 is 2.22 bits per heavy atom. The molecule has 0 saturated carbocycles. The number of carbonyl (C=O) groups is 1. The number of halogens is 1. The number of likely N-dealkylation sites (N-methyl/N-ethyl adjacent to an activating group) is 1. The van der Waals surface area contributed by atoms with Crippen LogP contribution >= 0.6 is 0 Å². The molecule has 0 saturated heterocycles. The van der Waals surface area contributed by atoms with Crippen molar-refractivity contribution in [2.24, 2.45) is 0 Å². The second kappa shape index (κ2) is 6.74. The Hall–Kier alpha value is -1.90. The first kappa shape index (κ1) is 14.2. The van der Waals surface area contributed by atoms with Crippen LogP contribution in [0.5, 0.6) is 0 Å². The van der Waals surface area contributed by atoms with Gasteiger partial charge in [-0.2, -0.15) is 0 Å². The molecular formula is C15H18FNO. The lowest BCUT2D eigenvalue weighted by atomic mass is 10.2. The van der Waals surface area contributed by atoms with Gasteiger partial charge in [0.1, 0.15) is 5.82 Å². The molecule has 0 unspecified atom stereocenters. The summed E-state index contributed by atoms with van der Waals surface area (Å²) in [7, 11) is 0. The van der Waals surface area contributed by atoms with Gasteiger partial charge in [0.05, 0.1) is 0 Å². The largest absolute Gasteiger partial charge is 0.335 e. The Kier molecular flexibility index (Phi) is 5.31. The summed E-state index contributed by atoms with van der Waals surface area (Å²) in [6, 6.07) is 6.13. The van der Waals surface area contributed by atoms with Crippen LogP contribution in [0.25, 0.3) is 6.08 Å². The van der Waals surface area contributed by atoms with E-state index in [-0.39, 0.29) is 11.7 Å². The zero-order chi connectivity index (χ0) is 13.5. The molecule has 0 bridgehead atoms. The van der Waals surface area contributed by atoms with E-state index in [0.29, 0.717) is 18.7 Å². The summed E-state index contributed by atoms with van der Waals surface area (Å²) in [5.41, 5.74) is 1.61. The highest BCUT2D eigenvalue weighted by Crippen LogP contribution is 2.06. The minimum atomic E-state index is -0.307. The number of nitrogens with zero attached hydrogens (tertiary/aromatic N) is 1. The summed E-state index contributed by atoms with van der Waals surface area (Å²) in [5.74, 6) is -0.399. The van der Waals surface area contributed by atoms with E-state index >= 15 is 0 Å². The summed E-state index contributed by atoms with van der Waals surface area (Å²) in [4.78, 5) is 13.6. The van der Waals surface area contributed by atoms with Gasteiger partial charge in [-0.3, -0.25) is 4.79 Å². The lowest BCUT2D eigenvalue weighted by molar-refractivity contribution is -0.125. The van der Waals surface area contributed by atoms with Crippen molar-refractivity contribution in [2.45, 2.75) is 13.8 Å². The predicted molar refractivity (Wildman–Crippen MR) is 72.5 cm³/mol. The molecule has 1 aromatic carbocycles. The van der Waals surface area contributed by atoms with Gasteiger partial charge in [0.2, 0.25) is 5.91 Å². The van der Waals surface area contributed by atoms with Crippen molar-refractivity contribution in [2.75, 3.05) is 13.1 Å². The molecule has 1 rings (SSSR count). The zero-order valence-electron chi connectivity index (χ0n) is 10.8. The second-order valence-corrected chi connectivity index (χ2v) is 4.20. The van der Waals surface area contributed by atoms with Gasteiger partial charge in [-0.05, 0) is 37.6 Å².